The van der Waals surface area contributed by atoms with Gasteiger partial charge in [0.2, 0.25) is 0 Å². The van der Waals surface area contributed by atoms with Crippen LogP contribution in [0.3, 0.4) is 0 Å². The molecule has 5 rings (SSSR count). The zero-order chi connectivity index (χ0) is 22.8. The summed E-state index contributed by atoms with van der Waals surface area (Å²) in [4.78, 5) is 36.0. The molecule has 1 saturated heterocycles. The van der Waals surface area contributed by atoms with Gasteiger partial charge in [-0.3, -0.25) is 14.6 Å². The molecule has 1 atom stereocenters. The summed E-state index contributed by atoms with van der Waals surface area (Å²) in [7, 11) is 0. The highest BCUT2D eigenvalue weighted by molar-refractivity contribution is 5.98. The molecule has 1 aliphatic rings. The van der Waals surface area contributed by atoms with E-state index in [1.54, 1.807) is 23.0 Å². The fourth-order valence-corrected chi connectivity index (χ4v) is 4.50. The van der Waals surface area contributed by atoms with Gasteiger partial charge in [-0.25, -0.2) is 9.50 Å². The first-order valence-corrected chi connectivity index (χ1v) is 11.0. The highest BCUT2D eigenvalue weighted by Crippen LogP contribution is 2.32. The quantitative estimate of drug-likeness (QED) is 0.513. The first-order chi connectivity index (χ1) is 16.1. The standard InChI is InChI=1S/C25H24N6O2/c26-23(32)20-16-29-31-22(10-12-28-24(20)31)21-8-4-5-13-30(21)25(33)18-9-11-27-19(15-18)14-17-6-2-1-3-7-17/h1-3,6-7,9-12,15-16,21H,4-5,8,13-14H2,(H2,26,32). The topological polar surface area (TPSA) is 106 Å². The van der Waals surface area contributed by atoms with Crippen LogP contribution < -0.4 is 5.73 Å². The van der Waals surface area contributed by atoms with Crippen molar-refractivity contribution in [3.8, 4) is 0 Å². The second-order valence-corrected chi connectivity index (χ2v) is 8.24. The monoisotopic (exact) mass is 440 g/mol. The van der Waals surface area contributed by atoms with Gasteiger partial charge in [-0.05, 0) is 43.0 Å². The summed E-state index contributed by atoms with van der Waals surface area (Å²) in [5.41, 5.74) is 9.58. The van der Waals surface area contributed by atoms with Crippen LogP contribution in [-0.4, -0.2) is 42.8 Å². The van der Waals surface area contributed by atoms with Crippen LogP contribution in [0.2, 0.25) is 0 Å². The molecule has 4 heterocycles. The Bertz CT molecular complexity index is 1320. The van der Waals surface area contributed by atoms with Gasteiger partial charge in [-0.2, -0.15) is 5.10 Å². The van der Waals surface area contributed by atoms with E-state index in [4.69, 9.17) is 5.73 Å². The lowest BCUT2D eigenvalue weighted by atomic mass is 9.97. The minimum absolute atomic E-state index is 0.0383. The van der Waals surface area contributed by atoms with Crippen LogP contribution in [0.15, 0.2) is 67.1 Å². The predicted molar refractivity (Wildman–Crippen MR) is 123 cm³/mol. The molecule has 0 aliphatic carbocycles. The molecular formula is C25H24N6O2. The number of amides is 2. The molecule has 1 unspecified atom stereocenters. The van der Waals surface area contributed by atoms with Crippen LogP contribution in [-0.2, 0) is 6.42 Å². The maximum absolute atomic E-state index is 13.6. The van der Waals surface area contributed by atoms with Gasteiger partial charge in [0.1, 0.15) is 5.56 Å². The van der Waals surface area contributed by atoms with Crippen molar-refractivity contribution in [1.82, 2.24) is 24.5 Å². The fourth-order valence-electron chi connectivity index (χ4n) is 4.50. The van der Waals surface area contributed by atoms with Gasteiger partial charge in [0, 0.05) is 36.6 Å². The van der Waals surface area contributed by atoms with Crippen molar-refractivity contribution in [2.24, 2.45) is 5.73 Å². The van der Waals surface area contributed by atoms with Crippen molar-refractivity contribution in [2.75, 3.05) is 6.54 Å². The summed E-state index contributed by atoms with van der Waals surface area (Å²) in [5, 5.41) is 4.35. The number of carbonyl (C=O) groups excluding carboxylic acids is 2. The third-order valence-corrected chi connectivity index (χ3v) is 6.09. The van der Waals surface area contributed by atoms with Crippen LogP contribution in [0.5, 0.6) is 0 Å². The largest absolute Gasteiger partial charge is 0.365 e. The Morgan fingerprint density at radius 2 is 1.85 bits per heavy atom. The smallest absolute Gasteiger partial charge is 0.254 e. The molecule has 33 heavy (non-hydrogen) atoms. The molecule has 2 amide bonds. The minimum Gasteiger partial charge on any atom is -0.365 e. The van der Waals surface area contributed by atoms with E-state index < -0.39 is 5.91 Å². The van der Waals surface area contributed by atoms with Crippen molar-refractivity contribution < 1.29 is 9.59 Å². The fraction of sp³-hybridized carbons (Fsp3) is 0.240. The average molecular weight is 441 g/mol. The van der Waals surface area contributed by atoms with E-state index in [1.165, 1.54) is 6.20 Å². The van der Waals surface area contributed by atoms with Crippen molar-refractivity contribution >= 4 is 17.5 Å². The van der Waals surface area contributed by atoms with Crippen LogP contribution in [0.4, 0.5) is 0 Å². The van der Waals surface area contributed by atoms with Gasteiger partial charge in [-0.15, -0.1) is 0 Å². The van der Waals surface area contributed by atoms with Gasteiger partial charge < -0.3 is 10.6 Å². The molecule has 2 N–H and O–H groups in total. The number of piperidine rings is 1. The Balaban J connectivity index is 1.46. The van der Waals surface area contributed by atoms with E-state index >= 15 is 0 Å². The summed E-state index contributed by atoms with van der Waals surface area (Å²) in [6.07, 6.45) is 8.17. The molecule has 1 aromatic carbocycles. The number of pyridine rings is 1. The Morgan fingerprint density at radius 1 is 1.03 bits per heavy atom. The molecule has 0 bridgehead atoms. The number of nitrogens with two attached hydrogens (primary N) is 1. The molecule has 166 valence electrons. The van der Waals surface area contributed by atoms with Gasteiger partial charge in [0.05, 0.1) is 17.9 Å². The average Bonchev–Trinajstić information content (AvgIpc) is 3.29. The molecule has 4 aromatic rings. The van der Waals surface area contributed by atoms with Gasteiger partial charge in [-0.1, -0.05) is 30.3 Å². The lowest BCUT2D eigenvalue weighted by Gasteiger charge is -2.36. The Labute approximate surface area is 191 Å². The van der Waals surface area contributed by atoms with Crippen LogP contribution in [0.1, 0.15) is 63.0 Å². The highest BCUT2D eigenvalue weighted by atomic mass is 16.2. The molecule has 1 fully saturated rings. The number of fused-ring (bicyclic) bond motifs is 1. The minimum atomic E-state index is -0.575. The number of hydrogen-bond acceptors (Lipinski definition) is 5. The Hall–Kier alpha value is -4.07. The van der Waals surface area contributed by atoms with E-state index in [1.807, 2.05) is 35.2 Å². The second kappa shape index (κ2) is 8.82. The molecule has 0 saturated carbocycles. The second-order valence-electron chi connectivity index (χ2n) is 8.24. The maximum Gasteiger partial charge on any atom is 0.254 e. The third kappa shape index (κ3) is 4.07. The lowest BCUT2D eigenvalue weighted by Crippen LogP contribution is -2.39. The number of likely N-dealkylation sites (tertiary alicyclic amines) is 1. The molecule has 0 spiro atoms. The Morgan fingerprint density at radius 3 is 2.67 bits per heavy atom. The van der Waals surface area contributed by atoms with E-state index in [9.17, 15) is 9.59 Å². The molecule has 1 aliphatic heterocycles. The van der Waals surface area contributed by atoms with E-state index in [-0.39, 0.29) is 17.5 Å². The van der Waals surface area contributed by atoms with Crippen LogP contribution >= 0.6 is 0 Å². The number of aromatic nitrogens is 4. The maximum atomic E-state index is 13.6. The zero-order valence-electron chi connectivity index (χ0n) is 18.1. The first kappa shape index (κ1) is 20.8. The molecular weight excluding hydrogens is 416 g/mol. The SMILES string of the molecule is NC(=O)c1cnn2c(C3CCCCN3C(=O)c3ccnc(Cc4ccccc4)c3)ccnc12. The third-order valence-electron chi connectivity index (χ3n) is 6.09. The van der Waals surface area contributed by atoms with Crippen molar-refractivity contribution in [3.63, 3.8) is 0 Å². The molecule has 0 radical (unpaired) electrons. The van der Waals surface area contributed by atoms with Crippen molar-refractivity contribution in [3.05, 3.63) is 95.2 Å². The highest BCUT2D eigenvalue weighted by Gasteiger charge is 2.31. The van der Waals surface area contributed by atoms with E-state index in [0.717, 1.165) is 36.2 Å². The summed E-state index contributed by atoms with van der Waals surface area (Å²) in [5.74, 6) is -0.613. The van der Waals surface area contributed by atoms with Gasteiger partial charge >= 0.3 is 0 Å². The molecule has 8 heteroatoms. The summed E-state index contributed by atoms with van der Waals surface area (Å²) in [6, 6.07) is 15.4. The van der Waals surface area contributed by atoms with Gasteiger partial charge in [0.15, 0.2) is 5.65 Å². The number of nitrogens with zero attached hydrogens (tertiary/aromatic N) is 5. The number of benzene rings is 1. The van der Waals surface area contributed by atoms with Gasteiger partial charge in [0.25, 0.3) is 11.8 Å². The summed E-state index contributed by atoms with van der Waals surface area (Å²) >= 11 is 0. The lowest BCUT2D eigenvalue weighted by molar-refractivity contribution is 0.0602. The zero-order valence-corrected chi connectivity index (χ0v) is 18.1. The van der Waals surface area contributed by atoms with Crippen molar-refractivity contribution in [1.29, 1.82) is 0 Å². The number of primary amides is 1. The number of rotatable bonds is 5. The van der Waals surface area contributed by atoms with E-state index in [0.29, 0.717) is 24.2 Å². The van der Waals surface area contributed by atoms with E-state index in [2.05, 4.69) is 27.2 Å². The number of carbonyl (C=O) groups is 2. The number of hydrogen-bond donors (Lipinski definition) is 1. The predicted octanol–water partition coefficient (Wildman–Crippen LogP) is 3.18. The summed E-state index contributed by atoms with van der Waals surface area (Å²) < 4.78 is 1.63. The first-order valence-electron chi connectivity index (χ1n) is 11.0. The Kier molecular flexibility index (Phi) is 5.56. The molecule has 3 aromatic heterocycles. The normalized spacial score (nSPS) is 16.1. The molecule has 8 nitrogen and oxygen atoms in total. The van der Waals surface area contributed by atoms with Crippen LogP contribution in [0, 0.1) is 0 Å². The van der Waals surface area contributed by atoms with Crippen molar-refractivity contribution in [2.45, 2.75) is 31.7 Å². The van der Waals surface area contributed by atoms with Crippen LogP contribution in [0.25, 0.3) is 5.65 Å². The summed E-state index contributed by atoms with van der Waals surface area (Å²) in [6.45, 7) is 0.646.